The maximum absolute atomic E-state index is 4.70. The van der Waals surface area contributed by atoms with Crippen molar-refractivity contribution in [2.45, 2.75) is 57.3 Å². The zero-order chi connectivity index (χ0) is 29.0. The Labute approximate surface area is 275 Å². The van der Waals surface area contributed by atoms with Crippen LogP contribution in [0.15, 0.2) is 103 Å². The van der Waals surface area contributed by atoms with Gasteiger partial charge in [0.25, 0.3) is 0 Å². The van der Waals surface area contributed by atoms with E-state index in [4.69, 9.17) is 4.98 Å². The van der Waals surface area contributed by atoms with Gasteiger partial charge in [0.2, 0.25) is 0 Å². The number of rotatable bonds is 3. The van der Waals surface area contributed by atoms with Gasteiger partial charge in [0, 0.05) is 32.5 Å². The third kappa shape index (κ3) is 4.99. The van der Waals surface area contributed by atoms with E-state index in [-0.39, 0.29) is 25.5 Å². The first-order valence-electron chi connectivity index (χ1n) is 16.1. The second-order valence-electron chi connectivity index (χ2n) is 13.7. The first kappa shape index (κ1) is 29.3. The van der Waals surface area contributed by atoms with Crippen LogP contribution in [0.3, 0.4) is 0 Å². The maximum Gasteiger partial charge on any atom is 0.0160 e. The summed E-state index contributed by atoms with van der Waals surface area (Å²) in [6, 6.07) is 38.2. The van der Waals surface area contributed by atoms with Crippen LogP contribution in [0, 0.1) is 35.8 Å². The molecule has 223 valence electrons. The predicted octanol–water partition coefficient (Wildman–Crippen LogP) is 9.94. The van der Waals surface area contributed by atoms with Gasteiger partial charge in [-0.05, 0) is 107 Å². The number of hydrogen-bond donors (Lipinski definition) is 0. The van der Waals surface area contributed by atoms with Crippen LogP contribution in [-0.2, 0) is 25.5 Å². The molecule has 0 saturated heterocycles. The van der Waals surface area contributed by atoms with Crippen molar-refractivity contribution in [3.8, 4) is 33.6 Å². The van der Waals surface area contributed by atoms with E-state index < -0.39 is 0 Å². The largest absolute Gasteiger partial charge is 0.305 e. The SMILES string of the molecule is CC1(C)c2c(-c3ccccn3)[c-]ccc2-c2cccc(C3C4CC5CC(C4)CC3C5)c21.[Ir].[c-]1ccccc1-c1ccccn1. The standard InChI is InChI=1S/C30H30N.C11H8N.Ir/c1-30(2)28-22(7-5-9-24(28)26-11-3-4-12-31-26)23-8-6-10-25(29(23)30)27-20-14-18-13-19(16-20)17-21(27)15-18;1-2-6-10(7-3-1)11-8-4-5-9-12-11;/h3-8,10-12,18-21,27H,13-17H2,1-2H3;1-6,8-9H;/q2*-1;. The summed E-state index contributed by atoms with van der Waals surface area (Å²) in [6.07, 6.45) is 11.1. The minimum absolute atomic E-state index is 0. The first-order valence-corrected chi connectivity index (χ1v) is 16.1. The van der Waals surface area contributed by atoms with E-state index in [1.165, 1.54) is 54.4 Å². The molecule has 44 heavy (non-hydrogen) atoms. The van der Waals surface area contributed by atoms with Gasteiger partial charge in [-0.2, -0.15) is 0 Å². The Morgan fingerprint density at radius 2 is 1.27 bits per heavy atom. The molecule has 0 atom stereocenters. The fraction of sp³-hybridized carbons (Fsp3) is 0.317. The molecule has 2 heterocycles. The van der Waals surface area contributed by atoms with E-state index in [1.54, 1.807) is 17.3 Å². The summed E-state index contributed by atoms with van der Waals surface area (Å²) in [5.41, 5.74) is 11.7. The van der Waals surface area contributed by atoms with Crippen LogP contribution in [-0.4, -0.2) is 9.97 Å². The van der Waals surface area contributed by atoms with Gasteiger partial charge >= 0.3 is 0 Å². The Kier molecular flexibility index (Phi) is 7.89. The van der Waals surface area contributed by atoms with Gasteiger partial charge < -0.3 is 9.97 Å². The van der Waals surface area contributed by atoms with Gasteiger partial charge in [0.15, 0.2) is 0 Å². The summed E-state index contributed by atoms with van der Waals surface area (Å²) < 4.78 is 0. The molecule has 0 N–H and O–H groups in total. The van der Waals surface area contributed by atoms with E-state index in [9.17, 15) is 0 Å². The Morgan fingerprint density at radius 1 is 0.614 bits per heavy atom. The third-order valence-corrected chi connectivity index (χ3v) is 10.8. The molecule has 4 fully saturated rings. The van der Waals surface area contributed by atoms with Crippen LogP contribution in [0.1, 0.15) is 68.6 Å². The fourth-order valence-electron chi connectivity index (χ4n) is 9.49. The number of hydrogen-bond acceptors (Lipinski definition) is 2. The minimum atomic E-state index is -0.0272. The van der Waals surface area contributed by atoms with Crippen LogP contribution in [0.5, 0.6) is 0 Å². The normalized spacial score (nSPS) is 24.8. The Balaban J connectivity index is 0.000000203. The zero-order valence-electron chi connectivity index (χ0n) is 25.5. The Bertz CT molecular complexity index is 1680. The summed E-state index contributed by atoms with van der Waals surface area (Å²) in [7, 11) is 0. The molecule has 10 rings (SSSR count). The molecule has 2 nitrogen and oxygen atoms in total. The Hall–Kier alpha value is -3.39. The molecule has 5 aliphatic carbocycles. The molecule has 5 aromatic rings. The molecule has 3 aromatic carbocycles. The molecule has 3 heteroatoms. The quantitative estimate of drug-likeness (QED) is 0.172. The number of pyridine rings is 2. The summed E-state index contributed by atoms with van der Waals surface area (Å²) in [5, 5.41) is 0. The molecular formula is C41H38IrN2-2. The van der Waals surface area contributed by atoms with Gasteiger partial charge in [-0.15, -0.1) is 65.2 Å². The molecule has 0 spiro atoms. The topological polar surface area (TPSA) is 25.8 Å². The summed E-state index contributed by atoms with van der Waals surface area (Å²) in [5.74, 6) is 4.61. The fourth-order valence-corrected chi connectivity index (χ4v) is 9.49. The number of fused-ring (bicyclic) bond motifs is 3. The predicted molar refractivity (Wildman–Crippen MR) is 174 cm³/mol. The molecule has 5 aliphatic rings. The molecule has 0 aliphatic heterocycles. The third-order valence-electron chi connectivity index (χ3n) is 10.8. The first-order chi connectivity index (χ1) is 21.1. The summed E-state index contributed by atoms with van der Waals surface area (Å²) >= 11 is 0. The van der Waals surface area contributed by atoms with Crippen molar-refractivity contribution in [2.75, 3.05) is 0 Å². The molecule has 0 unspecified atom stereocenters. The molecule has 1 radical (unpaired) electrons. The minimum Gasteiger partial charge on any atom is -0.305 e. The average molecular weight is 751 g/mol. The zero-order valence-corrected chi connectivity index (χ0v) is 27.9. The summed E-state index contributed by atoms with van der Waals surface area (Å²) in [6.45, 7) is 4.88. The van der Waals surface area contributed by atoms with Crippen molar-refractivity contribution in [1.82, 2.24) is 9.97 Å². The molecule has 4 saturated carbocycles. The number of nitrogens with zero attached hydrogens (tertiary/aromatic N) is 2. The van der Waals surface area contributed by atoms with Gasteiger partial charge in [0.05, 0.1) is 0 Å². The van der Waals surface area contributed by atoms with Crippen molar-refractivity contribution in [2.24, 2.45) is 23.7 Å². The van der Waals surface area contributed by atoms with Crippen molar-refractivity contribution in [3.63, 3.8) is 0 Å². The second-order valence-corrected chi connectivity index (χ2v) is 13.7. The van der Waals surface area contributed by atoms with Gasteiger partial charge in [-0.1, -0.05) is 61.9 Å². The van der Waals surface area contributed by atoms with E-state index in [2.05, 4.69) is 73.4 Å². The number of aromatic nitrogens is 2. The van der Waals surface area contributed by atoms with Crippen molar-refractivity contribution in [3.05, 3.63) is 132 Å². The Morgan fingerprint density at radius 3 is 1.91 bits per heavy atom. The summed E-state index contributed by atoms with van der Waals surface area (Å²) in [4.78, 5) is 8.91. The van der Waals surface area contributed by atoms with Gasteiger partial charge in [0.1, 0.15) is 0 Å². The maximum atomic E-state index is 4.70. The number of benzene rings is 3. The monoisotopic (exact) mass is 751 g/mol. The van der Waals surface area contributed by atoms with Crippen molar-refractivity contribution >= 4 is 0 Å². The average Bonchev–Trinajstić information content (AvgIpc) is 3.29. The van der Waals surface area contributed by atoms with Crippen LogP contribution in [0.2, 0.25) is 0 Å². The van der Waals surface area contributed by atoms with Crippen molar-refractivity contribution in [1.29, 1.82) is 0 Å². The molecular weight excluding hydrogens is 713 g/mol. The van der Waals surface area contributed by atoms with E-state index in [1.807, 2.05) is 54.7 Å². The molecule has 2 aromatic heterocycles. The smallest absolute Gasteiger partial charge is 0.0160 e. The van der Waals surface area contributed by atoms with E-state index in [0.29, 0.717) is 0 Å². The van der Waals surface area contributed by atoms with Crippen LogP contribution < -0.4 is 0 Å². The van der Waals surface area contributed by atoms with Gasteiger partial charge in [-0.25, -0.2) is 0 Å². The van der Waals surface area contributed by atoms with E-state index >= 15 is 0 Å². The van der Waals surface area contributed by atoms with Crippen molar-refractivity contribution < 1.29 is 20.1 Å². The van der Waals surface area contributed by atoms with E-state index in [0.717, 1.165) is 46.5 Å². The van der Waals surface area contributed by atoms with Crippen LogP contribution in [0.4, 0.5) is 0 Å². The molecule has 4 bridgehead atoms. The van der Waals surface area contributed by atoms with Crippen LogP contribution in [0.25, 0.3) is 33.6 Å². The molecule has 0 amide bonds. The second kappa shape index (κ2) is 11.8. The van der Waals surface area contributed by atoms with Crippen LogP contribution >= 0.6 is 0 Å². The van der Waals surface area contributed by atoms with Gasteiger partial charge in [-0.3, -0.25) is 0 Å².